The lowest BCUT2D eigenvalue weighted by atomic mass is 10.1. The smallest absolute Gasteiger partial charge is 0.00427 e. The Kier molecular flexibility index (Phi) is 3.20. The maximum absolute atomic E-state index is 5.95. The lowest BCUT2D eigenvalue weighted by molar-refractivity contribution is 1.28. The van der Waals surface area contributed by atoms with Crippen LogP contribution in [0.3, 0.4) is 0 Å². The topological polar surface area (TPSA) is 0 Å². The fourth-order valence-electron chi connectivity index (χ4n) is 2.42. The molecule has 0 radical (unpaired) electrons. The van der Waals surface area contributed by atoms with E-state index >= 15 is 0 Å². The maximum Gasteiger partial charge on any atom is 0.00427 e. The van der Waals surface area contributed by atoms with Crippen molar-refractivity contribution >= 4 is 28.7 Å². The first-order valence-electron chi connectivity index (χ1n) is 6.19. The normalized spacial score (nSPS) is 22.8. The summed E-state index contributed by atoms with van der Waals surface area (Å²) < 4.78 is 0. The molecule has 1 aliphatic heterocycles. The van der Waals surface area contributed by atoms with Crippen LogP contribution >= 0.6 is 6.04 Å². The molecule has 1 atom stereocenters. The van der Waals surface area contributed by atoms with Crippen molar-refractivity contribution in [2.45, 2.75) is 6.42 Å². The molecular weight excluding hydrogens is 255 g/mol. The van der Waals surface area contributed by atoms with Crippen LogP contribution < -0.4 is 5.30 Å². The molecule has 0 amide bonds. The largest absolute Gasteiger partial charge is 0.0882 e. The first-order valence-corrected chi connectivity index (χ1v) is 9.25. The van der Waals surface area contributed by atoms with Gasteiger partial charge in [0.1, 0.15) is 0 Å². The summed E-state index contributed by atoms with van der Waals surface area (Å²) in [7, 11) is 0. The quantitative estimate of drug-likeness (QED) is 0.736. The summed E-state index contributed by atoms with van der Waals surface area (Å²) in [4.78, 5) is 0. The minimum atomic E-state index is -1.47. The van der Waals surface area contributed by atoms with Crippen molar-refractivity contribution < 1.29 is 0 Å². The summed E-state index contributed by atoms with van der Waals surface area (Å²) in [6, 6.07) is 19.8. The molecule has 1 aliphatic rings. The molecule has 90 valence electrons. The second-order valence-electron chi connectivity index (χ2n) is 4.63. The Labute approximate surface area is 113 Å². The fourth-order valence-corrected chi connectivity index (χ4v) is 6.01. The molecular formula is C16H15PS. The van der Waals surface area contributed by atoms with Gasteiger partial charge in [0.2, 0.25) is 0 Å². The molecule has 0 aliphatic carbocycles. The van der Waals surface area contributed by atoms with Crippen LogP contribution in [0.5, 0.6) is 0 Å². The van der Waals surface area contributed by atoms with Gasteiger partial charge in [0, 0.05) is 6.04 Å². The summed E-state index contributed by atoms with van der Waals surface area (Å²) in [5.74, 6) is 2.38. The third-order valence-electron chi connectivity index (χ3n) is 3.42. The van der Waals surface area contributed by atoms with E-state index in [4.69, 9.17) is 11.8 Å². The van der Waals surface area contributed by atoms with Crippen LogP contribution in [0.2, 0.25) is 0 Å². The third kappa shape index (κ3) is 2.21. The molecule has 0 fully saturated rings. The maximum atomic E-state index is 5.95. The van der Waals surface area contributed by atoms with Gasteiger partial charge in [-0.05, 0) is 34.8 Å². The third-order valence-corrected chi connectivity index (χ3v) is 7.70. The number of allylic oxidation sites excluding steroid dienone is 1. The van der Waals surface area contributed by atoms with Gasteiger partial charge in [0.05, 0.1) is 0 Å². The predicted octanol–water partition coefficient (Wildman–Crippen LogP) is 4.24. The minimum Gasteiger partial charge on any atom is -0.0882 e. The van der Waals surface area contributed by atoms with Gasteiger partial charge < -0.3 is 0 Å². The molecule has 0 saturated heterocycles. The van der Waals surface area contributed by atoms with Crippen molar-refractivity contribution in [3.63, 3.8) is 0 Å². The summed E-state index contributed by atoms with van der Waals surface area (Å²) in [6.45, 7) is 0. The zero-order valence-electron chi connectivity index (χ0n) is 10.1. The van der Waals surface area contributed by atoms with Gasteiger partial charge in [-0.3, -0.25) is 0 Å². The molecule has 1 unspecified atom stereocenters. The van der Waals surface area contributed by atoms with Crippen LogP contribution in [0.4, 0.5) is 0 Å². The van der Waals surface area contributed by atoms with Crippen LogP contribution in [0.1, 0.15) is 12.0 Å². The molecule has 3 rings (SSSR count). The highest BCUT2D eigenvalue weighted by molar-refractivity contribution is 8.20. The Morgan fingerprint density at radius 3 is 2.11 bits per heavy atom. The highest BCUT2D eigenvalue weighted by Crippen LogP contribution is 2.55. The SMILES string of the molecule is S=P1(c2ccccc2)C=C(c2ccccc2)CC1. The molecule has 2 heteroatoms. The van der Waals surface area contributed by atoms with E-state index < -0.39 is 6.04 Å². The van der Waals surface area contributed by atoms with Crippen molar-refractivity contribution in [1.82, 2.24) is 0 Å². The monoisotopic (exact) mass is 270 g/mol. The fraction of sp³-hybridized carbons (Fsp3) is 0.125. The summed E-state index contributed by atoms with van der Waals surface area (Å²) >= 11 is 5.95. The first kappa shape index (κ1) is 11.9. The molecule has 0 N–H and O–H groups in total. The van der Waals surface area contributed by atoms with Gasteiger partial charge >= 0.3 is 0 Å². The van der Waals surface area contributed by atoms with Crippen molar-refractivity contribution in [2.75, 3.05) is 6.16 Å². The van der Waals surface area contributed by atoms with Gasteiger partial charge in [-0.1, -0.05) is 72.5 Å². The molecule has 1 heterocycles. The van der Waals surface area contributed by atoms with E-state index in [9.17, 15) is 0 Å². The summed E-state index contributed by atoms with van der Waals surface area (Å²) in [5, 5.41) is 1.35. The predicted molar refractivity (Wildman–Crippen MR) is 84.3 cm³/mol. The zero-order chi connectivity index (χ0) is 12.4. The van der Waals surface area contributed by atoms with Gasteiger partial charge in [0.25, 0.3) is 0 Å². The zero-order valence-corrected chi connectivity index (χ0v) is 11.8. The lowest BCUT2D eigenvalue weighted by Gasteiger charge is -2.12. The van der Waals surface area contributed by atoms with E-state index in [1.54, 1.807) is 0 Å². The Hall–Kier alpha value is -1.17. The van der Waals surface area contributed by atoms with Gasteiger partial charge in [0.15, 0.2) is 0 Å². The Bertz CT molecular complexity index is 614. The molecule has 0 nitrogen and oxygen atoms in total. The molecule has 2 aromatic rings. The van der Waals surface area contributed by atoms with E-state index in [-0.39, 0.29) is 0 Å². The Balaban J connectivity index is 1.99. The highest BCUT2D eigenvalue weighted by Gasteiger charge is 2.24. The van der Waals surface area contributed by atoms with E-state index in [0.29, 0.717) is 0 Å². The van der Waals surface area contributed by atoms with Crippen LogP contribution in [-0.2, 0) is 11.8 Å². The number of rotatable bonds is 2. The molecule has 0 aromatic heterocycles. The van der Waals surface area contributed by atoms with Crippen LogP contribution in [0.25, 0.3) is 5.57 Å². The molecule has 0 spiro atoms. The molecule has 18 heavy (non-hydrogen) atoms. The van der Waals surface area contributed by atoms with E-state index in [1.807, 2.05) is 0 Å². The highest BCUT2D eigenvalue weighted by atomic mass is 32.4. The van der Waals surface area contributed by atoms with Crippen molar-refractivity contribution in [3.8, 4) is 0 Å². The average Bonchev–Trinajstić information content (AvgIpc) is 2.85. The Morgan fingerprint density at radius 1 is 0.833 bits per heavy atom. The lowest BCUT2D eigenvalue weighted by Crippen LogP contribution is -2.01. The minimum absolute atomic E-state index is 1.12. The number of hydrogen-bond acceptors (Lipinski definition) is 1. The Morgan fingerprint density at radius 2 is 1.44 bits per heavy atom. The second kappa shape index (κ2) is 4.84. The van der Waals surface area contributed by atoms with Gasteiger partial charge in [-0.2, -0.15) is 0 Å². The molecule has 2 aromatic carbocycles. The van der Waals surface area contributed by atoms with Gasteiger partial charge in [-0.15, -0.1) is 0 Å². The summed E-state index contributed by atoms with van der Waals surface area (Å²) in [6.07, 6.45) is 2.26. The van der Waals surface area contributed by atoms with E-state index in [2.05, 4.69) is 66.5 Å². The standard InChI is InChI=1S/C16H15PS/c18-17(16-9-5-2-6-10-16)12-11-15(13-17)14-7-3-1-4-8-14/h1-10,13H,11-12H2. The van der Waals surface area contributed by atoms with Gasteiger partial charge in [-0.25, -0.2) is 0 Å². The van der Waals surface area contributed by atoms with E-state index in [1.165, 1.54) is 16.4 Å². The van der Waals surface area contributed by atoms with Crippen LogP contribution in [-0.4, -0.2) is 6.16 Å². The van der Waals surface area contributed by atoms with E-state index in [0.717, 1.165) is 12.6 Å². The van der Waals surface area contributed by atoms with Crippen molar-refractivity contribution in [1.29, 1.82) is 0 Å². The number of benzene rings is 2. The van der Waals surface area contributed by atoms with Crippen molar-refractivity contribution in [2.24, 2.45) is 0 Å². The molecule has 0 saturated carbocycles. The molecule has 0 bridgehead atoms. The van der Waals surface area contributed by atoms with Crippen molar-refractivity contribution in [3.05, 3.63) is 72.0 Å². The second-order valence-corrected chi connectivity index (χ2v) is 9.39. The number of hydrogen-bond donors (Lipinski definition) is 0. The summed E-state index contributed by atoms with van der Waals surface area (Å²) in [5.41, 5.74) is 2.77. The first-order chi connectivity index (χ1) is 8.78. The average molecular weight is 270 g/mol. The van der Waals surface area contributed by atoms with Crippen LogP contribution in [0.15, 0.2) is 66.5 Å². The van der Waals surface area contributed by atoms with Crippen LogP contribution in [0, 0.1) is 0 Å².